The molecule has 1 aliphatic heterocycles. The van der Waals surface area contributed by atoms with E-state index in [4.69, 9.17) is 15.4 Å². The Bertz CT molecular complexity index is 255. The second-order valence-corrected chi connectivity index (χ2v) is 3.28. The summed E-state index contributed by atoms with van der Waals surface area (Å²) in [6.07, 6.45) is -6.02. The summed E-state index contributed by atoms with van der Waals surface area (Å²) in [4.78, 5) is 2.49. The van der Waals surface area contributed by atoms with Gasteiger partial charge in [0.1, 0.15) is 24.4 Å². The van der Waals surface area contributed by atoms with Crippen LogP contribution >= 0.6 is 0 Å². The number of aliphatic hydroxyl groups excluding tert-OH is 4. The molecule has 1 fully saturated rings. The minimum absolute atomic E-state index is 0.169. The Hall–Kier alpha value is -0.890. The van der Waals surface area contributed by atoms with E-state index in [0.717, 1.165) is 0 Å². The molecule has 0 unspecified atom stereocenters. The van der Waals surface area contributed by atoms with E-state index in [1.807, 2.05) is 0 Å². The Balaban J connectivity index is 2.69. The Kier molecular flexibility index (Phi) is 4.28. The van der Waals surface area contributed by atoms with Gasteiger partial charge >= 0.3 is 0 Å². The molecule has 0 radical (unpaired) electrons. The van der Waals surface area contributed by atoms with Crippen LogP contribution in [0.3, 0.4) is 0 Å². The lowest BCUT2D eigenvalue weighted by Crippen LogP contribution is -2.59. The maximum atomic E-state index is 9.45. The molecule has 8 heteroatoms. The molecule has 8 nitrogen and oxygen atoms in total. The van der Waals surface area contributed by atoms with Gasteiger partial charge in [0.25, 0.3) is 0 Å². The van der Waals surface area contributed by atoms with Crippen LogP contribution in [0.25, 0.3) is 10.4 Å². The highest BCUT2D eigenvalue weighted by Gasteiger charge is 2.42. The average Bonchev–Trinajstić information content (AvgIpc) is 2.25. The van der Waals surface area contributed by atoms with Gasteiger partial charge in [-0.15, -0.1) is 0 Å². The van der Waals surface area contributed by atoms with Gasteiger partial charge in [-0.3, -0.25) is 0 Å². The second-order valence-electron chi connectivity index (χ2n) is 3.28. The van der Waals surface area contributed by atoms with Crippen LogP contribution < -0.4 is 0 Å². The van der Waals surface area contributed by atoms with Crippen molar-refractivity contribution in [3.05, 3.63) is 10.4 Å². The molecule has 0 aliphatic carbocycles. The molecule has 0 saturated carbocycles. The summed E-state index contributed by atoms with van der Waals surface area (Å²) in [5.74, 6) is 0. The van der Waals surface area contributed by atoms with Crippen LogP contribution in [0, 0.1) is 0 Å². The predicted molar refractivity (Wildman–Crippen MR) is 47.8 cm³/mol. The molecule has 0 aromatic rings. The number of aliphatic hydroxyl groups is 4. The number of hydrogen-bond acceptors (Lipinski definition) is 6. The highest BCUT2D eigenvalue weighted by molar-refractivity contribution is 4.92. The predicted octanol–water partition coefficient (Wildman–Crippen LogP) is -1.86. The molecule has 5 atom stereocenters. The van der Waals surface area contributed by atoms with Crippen molar-refractivity contribution in [1.82, 2.24) is 0 Å². The lowest BCUT2D eigenvalue weighted by atomic mass is 9.95. The Labute approximate surface area is 85.3 Å². The van der Waals surface area contributed by atoms with E-state index in [-0.39, 0.29) is 6.54 Å². The zero-order chi connectivity index (χ0) is 11.4. The molecule has 15 heavy (non-hydrogen) atoms. The largest absolute Gasteiger partial charge is 0.394 e. The molecular weight excluding hydrogens is 206 g/mol. The first-order valence-corrected chi connectivity index (χ1v) is 4.43. The summed E-state index contributed by atoms with van der Waals surface area (Å²) in [5, 5.41) is 40.2. The summed E-state index contributed by atoms with van der Waals surface area (Å²) in [7, 11) is 0. The van der Waals surface area contributed by atoms with E-state index in [0.29, 0.717) is 0 Å². The molecule has 4 N–H and O–H groups in total. The maximum Gasteiger partial charge on any atom is 0.111 e. The normalized spacial score (nSPS) is 40.9. The van der Waals surface area contributed by atoms with Crippen LogP contribution in [0.15, 0.2) is 5.11 Å². The minimum atomic E-state index is -1.42. The third kappa shape index (κ3) is 2.57. The lowest BCUT2D eigenvalue weighted by Gasteiger charge is -2.39. The molecule has 0 bridgehead atoms. The van der Waals surface area contributed by atoms with Crippen LogP contribution in [0.2, 0.25) is 0 Å². The fraction of sp³-hybridized carbons (Fsp3) is 1.00. The first kappa shape index (κ1) is 12.2. The molecule has 0 aromatic carbocycles. The van der Waals surface area contributed by atoms with E-state index in [1.165, 1.54) is 0 Å². The SMILES string of the molecule is [N-]=[N+]=NC[C@@H]1O[C@@H](CO)[C@H](O)[C@@H](O)[C@@H]1O. The van der Waals surface area contributed by atoms with Crippen LogP contribution in [-0.4, -0.2) is 64.1 Å². The molecule has 1 aliphatic rings. The van der Waals surface area contributed by atoms with Crippen molar-refractivity contribution in [2.24, 2.45) is 5.11 Å². The van der Waals surface area contributed by atoms with Crippen molar-refractivity contribution in [3.8, 4) is 0 Å². The third-order valence-corrected chi connectivity index (χ3v) is 2.32. The van der Waals surface area contributed by atoms with E-state index in [9.17, 15) is 15.3 Å². The maximum absolute atomic E-state index is 9.45. The van der Waals surface area contributed by atoms with E-state index in [1.54, 1.807) is 0 Å². The number of rotatable bonds is 3. The number of ether oxygens (including phenoxy) is 1. The Morgan fingerprint density at radius 3 is 2.27 bits per heavy atom. The quantitative estimate of drug-likeness (QED) is 0.250. The molecule has 1 heterocycles. The first-order valence-electron chi connectivity index (χ1n) is 4.43. The van der Waals surface area contributed by atoms with Crippen LogP contribution in [0.5, 0.6) is 0 Å². The summed E-state index contributed by atoms with van der Waals surface area (Å²) < 4.78 is 5.06. The molecular formula is C7H13N3O5. The molecule has 1 rings (SSSR count). The van der Waals surface area contributed by atoms with Crippen LogP contribution in [0.4, 0.5) is 0 Å². The van der Waals surface area contributed by atoms with Crippen molar-refractivity contribution in [2.75, 3.05) is 13.2 Å². The van der Waals surface area contributed by atoms with Gasteiger partial charge in [0.2, 0.25) is 0 Å². The van der Waals surface area contributed by atoms with Crippen molar-refractivity contribution in [3.63, 3.8) is 0 Å². The van der Waals surface area contributed by atoms with Gasteiger partial charge in [0.15, 0.2) is 0 Å². The fourth-order valence-electron chi connectivity index (χ4n) is 1.45. The topological polar surface area (TPSA) is 139 Å². The second kappa shape index (κ2) is 5.26. The monoisotopic (exact) mass is 219 g/mol. The molecule has 1 saturated heterocycles. The highest BCUT2D eigenvalue weighted by Crippen LogP contribution is 2.21. The fourth-order valence-corrected chi connectivity index (χ4v) is 1.45. The number of nitrogens with zero attached hydrogens (tertiary/aromatic N) is 3. The minimum Gasteiger partial charge on any atom is -0.394 e. The smallest absolute Gasteiger partial charge is 0.111 e. The summed E-state index contributed by atoms with van der Waals surface area (Å²) in [6.45, 7) is -0.657. The van der Waals surface area contributed by atoms with Gasteiger partial charge in [0.05, 0.1) is 19.3 Å². The summed E-state index contributed by atoms with van der Waals surface area (Å²) >= 11 is 0. The van der Waals surface area contributed by atoms with E-state index >= 15 is 0 Å². The van der Waals surface area contributed by atoms with Gasteiger partial charge in [-0.1, -0.05) is 5.11 Å². The van der Waals surface area contributed by atoms with E-state index in [2.05, 4.69) is 10.0 Å². The van der Waals surface area contributed by atoms with Gasteiger partial charge in [-0.25, -0.2) is 0 Å². The number of azide groups is 1. The molecule has 0 amide bonds. The summed E-state index contributed by atoms with van der Waals surface area (Å²) in [6, 6.07) is 0. The zero-order valence-corrected chi connectivity index (χ0v) is 7.84. The van der Waals surface area contributed by atoms with Gasteiger partial charge in [-0.05, 0) is 5.53 Å². The average molecular weight is 219 g/mol. The summed E-state index contributed by atoms with van der Waals surface area (Å²) in [5.41, 5.74) is 8.08. The van der Waals surface area contributed by atoms with Crippen LogP contribution in [-0.2, 0) is 4.74 Å². The Morgan fingerprint density at radius 1 is 1.13 bits per heavy atom. The highest BCUT2D eigenvalue weighted by atomic mass is 16.5. The third-order valence-electron chi connectivity index (χ3n) is 2.32. The van der Waals surface area contributed by atoms with Crippen LogP contribution in [0.1, 0.15) is 0 Å². The zero-order valence-electron chi connectivity index (χ0n) is 7.84. The first-order chi connectivity index (χ1) is 7.11. The van der Waals surface area contributed by atoms with Crippen molar-refractivity contribution < 1.29 is 25.2 Å². The van der Waals surface area contributed by atoms with Crippen molar-refractivity contribution in [2.45, 2.75) is 30.5 Å². The molecule has 0 aromatic heterocycles. The molecule has 86 valence electrons. The van der Waals surface area contributed by atoms with E-state index < -0.39 is 37.1 Å². The van der Waals surface area contributed by atoms with Gasteiger partial charge in [-0.2, -0.15) is 0 Å². The standard InChI is InChI=1S/C7H13N3O5/c8-10-9-1-3-5(12)7(14)6(13)4(2-11)15-3/h3-7,11-14H,1-2H2/t3-,4-,5+,6-,7-/m0/s1. The van der Waals surface area contributed by atoms with Gasteiger partial charge < -0.3 is 25.2 Å². The van der Waals surface area contributed by atoms with Crippen molar-refractivity contribution >= 4 is 0 Å². The Morgan fingerprint density at radius 2 is 1.73 bits per heavy atom. The lowest BCUT2D eigenvalue weighted by molar-refractivity contribution is -0.226. The van der Waals surface area contributed by atoms with Gasteiger partial charge in [0, 0.05) is 4.91 Å². The van der Waals surface area contributed by atoms with Crippen molar-refractivity contribution in [1.29, 1.82) is 0 Å². The number of hydrogen-bond donors (Lipinski definition) is 4. The molecule has 0 spiro atoms.